The average Bonchev–Trinajstić information content (AvgIpc) is 2.09. The van der Waals surface area contributed by atoms with Crippen molar-refractivity contribution in [3.8, 4) is 0 Å². The first-order valence-corrected chi connectivity index (χ1v) is 5.08. The molecule has 3 heteroatoms. The Morgan fingerprint density at radius 2 is 2.31 bits per heavy atom. The maximum Gasteiger partial charge on any atom is 0.310 e. The van der Waals surface area contributed by atoms with E-state index in [4.69, 9.17) is 5.11 Å². The molecule has 0 bridgehead atoms. The minimum Gasteiger partial charge on any atom is -0.481 e. The minimum atomic E-state index is -0.654. The molecule has 0 radical (unpaired) electrons. The van der Waals surface area contributed by atoms with Crippen molar-refractivity contribution in [1.29, 1.82) is 0 Å². The summed E-state index contributed by atoms with van der Waals surface area (Å²) in [5.74, 6) is -0.654. The number of hydrogen-bond donors (Lipinski definition) is 2. The van der Waals surface area contributed by atoms with E-state index in [1.807, 2.05) is 13.8 Å². The molecule has 0 aromatic rings. The maximum absolute atomic E-state index is 11.1. The van der Waals surface area contributed by atoms with Crippen LogP contribution in [-0.4, -0.2) is 23.7 Å². The summed E-state index contributed by atoms with van der Waals surface area (Å²) >= 11 is 0. The van der Waals surface area contributed by atoms with Gasteiger partial charge in [-0.3, -0.25) is 4.79 Å². The molecule has 2 N–H and O–H groups in total. The molecule has 2 atom stereocenters. The molecule has 0 spiro atoms. The smallest absolute Gasteiger partial charge is 0.310 e. The van der Waals surface area contributed by atoms with E-state index in [2.05, 4.69) is 5.32 Å². The second-order valence-corrected chi connectivity index (χ2v) is 4.08. The predicted molar refractivity (Wildman–Crippen MR) is 51.7 cm³/mol. The summed E-state index contributed by atoms with van der Waals surface area (Å²) in [4.78, 5) is 11.1. The number of carboxylic acid groups (broad SMARTS) is 1. The Balaban J connectivity index is 2.71. The molecule has 0 heterocycles. The predicted octanol–water partition coefficient (Wildman–Crippen LogP) is 1.63. The molecule has 1 rings (SSSR count). The molecule has 1 aliphatic carbocycles. The molecular formula is C10H19NO2. The zero-order chi connectivity index (χ0) is 9.90. The van der Waals surface area contributed by atoms with Crippen LogP contribution in [0.1, 0.15) is 39.5 Å². The molecule has 76 valence electrons. The number of hydrogen-bond acceptors (Lipinski definition) is 2. The standard InChI is InChI=1S/C10H19NO2/c1-3-11-8-6-4-5-7-10(8,2)9(12)13/h8,11H,3-7H2,1-2H3,(H,12,13). The van der Waals surface area contributed by atoms with Crippen molar-refractivity contribution in [3.63, 3.8) is 0 Å². The summed E-state index contributed by atoms with van der Waals surface area (Å²) in [6.07, 6.45) is 4.00. The third-order valence-corrected chi connectivity index (χ3v) is 3.15. The molecule has 1 aliphatic rings. The highest BCUT2D eigenvalue weighted by Crippen LogP contribution is 2.36. The molecule has 0 aromatic heterocycles. The highest BCUT2D eigenvalue weighted by molar-refractivity contribution is 5.75. The molecule has 1 saturated carbocycles. The van der Waals surface area contributed by atoms with Crippen molar-refractivity contribution in [3.05, 3.63) is 0 Å². The Morgan fingerprint density at radius 3 is 2.85 bits per heavy atom. The van der Waals surface area contributed by atoms with Gasteiger partial charge in [0.25, 0.3) is 0 Å². The lowest BCUT2D eigenvalue weighted by Crippen LogP contribution is -2.50. The van der Waals surface area contributed by atoms with Crippen LogP contribution in [0.3, 0.4) is 0 Å². The number of carbonyl (C=O) groups is 1. The zero-order valence-electron chi connectivity index (χ0n) is 8.47. The fourth-order valence-corrected chi connectivity index (χ4v) is 2.16. The van der Waals surface area contributed by atoms with Gasteiger partial charge < -0.3 is 10.4 Å². The van der Waals surface area contributed by atoms with Gasteiger partial charge in [0, 0.05) is 6.04 Å². The van der Waals surface area contributed by atoms with Crippen LogP contribution in [0.25, 0.3) is 0 Å². The molecule has 1 fully saturated rings. The van der Waals surface area contributed by atoms with Gasteiger partial charge in [-0.05, 0) is 26.3 Å². The molecule has 13 heavy (non-hydrogen) atoms. The number of aliphatic carboxylic acids is 1. The fourth-order valence-electron chi connectivity index (χ4n) is 2.16. The SMILES string of the molecule is CCNC1CCCCC1(C)C(=O)O. The van der Waals surface area contributed by atoms with Crippen molar-refractivity contribution < 1.29 is 9.90 Å². The first-order valence-electron chi connectivity index (χ1n) is 5.08. The first kappa shape index (κ1) is 10.5. The third kappa shape index (κ3) is 2.02. The zero-order valence-corrected chi connectivity index (χ0v) is 8.47. The topological polar surface area (TPSA) is 49.3 Å². The van der Waals surface area contributed by atoms with E-state index in [9.17, 15) is 4.79 Å². The van der Waals surface area contributed by atoms with Crippen LogP contribution >= 0.6 is 0 Å². The highest BCUT2D eigenvalue weighted by Gasteiger charge is 2.42. The van der Waals surface area contributed by atoms with Gasteiger partial charge in [-0.15, -0.1) is 0 Å². The normalized spacial score (nSPS) is 34.5. The summed E-state index contributed by atoms with van der Waals surface area (Å²) < 4.78 is 0. The van der Waals surface area contributed by atoms with Gasteiger partial charge in [-0.25, -0.2) is 0 Å². The van der Waals surface area contributed by atoms with Crippen LogP contribution in [0.2, 0.25) is 0 Å². The third-order valence-electron chi connectivity index (χ3n) is 3.15. The summed E-state index contributed by atoms with van der Waals surface area (Å²) in [7, 11) is 0. The Kier molecular flexibility index (Phi) is 3.31. The van der Waals surface area contributed by atoms with Crippen LogP contribution in [-0.2, 0) is 4.79 Å². The molecule has 0 amide bonds. The van der Waals surface area contributed by atoms with Gasteiger partial charge in [0.2, 0.25) is 0 Å². The molecule has 0 saturated heterocycles. The van der Waals surface area contributed by atoms with Crippen LogP contribution in [0.15, 0.2) is 0 Å². The van der Waals surface area contributed by atoms with E-state index in [0.29, 0.717) is 0 Å². The molecule has 2 unspecified atom stereocenters. The molecule has 0 aliphatic heterocycles. The first-order chi connectivity index (χ1) is 6.11. The van der Waals surface area contributed by atoms with Crippen LogP contribution < -0.4 is 5.32 Å². The van der Waals surface area contributed by atoms with Gasteiger partial charge in [0.1, 0.15) is 0 Å². The quantitative estimate of drug-likeness (QED) is 0.702. The summed E-state index contributed by atoms with van der Waals surface area (Å²) in [6.45, 7) is 4.74. The Bertz CT molecular complexity index is 191. The molecule has 3 nitrogen and oxygen atoms in total. The van der Waals surface area contributed by atoms with Gasteiger partial charge in [0.15, 0.2) is 0 Å². The van der Waals surface area contributed by atoms with Gasteiger partial charge >= 0.3 is 5.97 Å². The molecular weight excluding hydrogens is 166 g/mol. The van der Waals surface area contributed by atoms with Crippen molar-refractivity contribution >= 4 is 5.97 Å². The Labute approximate surface area is 79.5 Å². The lowest BCUT2D eigenvalue weighted by Gasteiger charge is -2.38. The van der Waals surface area contributed by atoms with Gasteiger partial charge in [-0.2, -0.15) is 0 Å². The average molecular weight is 185 g/mol. The molecule has 0 aromatic carbocycles. The number of rotatable bonds is 3. The van der Waals surface area contributed by atoms with Crippen LogP contribution in [0.4, 0.5) is 0 Å². The summed E-state index contributed by atoms with van der Waals surface area (Å²) in [5, 5.41) is 12.4. The maximum atomic E-state index is 11.1. The Morgan fingerprint density at radius 1 is 1.62 bits per heavy atom. The highest BCUT2D eigenvalue weighted by atomic mass is 16.4. The van der Waals surface area contributed by atoms with Crippen LogP contribution in [0.5, 0.6) is 0 Å². The van der Waals surface area contributed by atoms with Gasteiger partial charge in [0.05, 0.1) is 5.41 Å². The minimum absolute atomic E-state index is 0.156. The van der Waals surface area contributed by atoms with E-state index >= 15 is 0 Å². The lowest BCUT2D eigenvalue weighted by atomic mass is 9.72. The van der Waals surface area contributed by atoms with E-state index in [1.54, 1.807) is 0 Å². The number of carboxylic acids is 1. The largest absolute Gasteiger partial charge is 0.481 e. The monoisotopic (exact) mass is 185 g/mol. The van der Waals surface area contributed by atoms with Gasteiger partial charge in [-0.1, -0.05) is 19.8 Å². The summed E-state index contributed by atoms with van der Waals surface area (Å²) in [6, 6.07) is 0.156. The van der Waals surface area contributed by atoms with Crippen molar-refractivity contribution in [2.75, 3.05) is 6.54 Å². The van der Waals surface area contributed by atoms with Crippen LogP contribution in [0, 0.1) is 5.41 Å². The lowest BCUT2D eigenvalue weighted by molar-refractivity contribution is -0.151. The second kappa shape index (κ2) is 4.09. The van der Waals surface area contributed by atoms with E-state index in [-0.39, 0.29) is 6.04 Å². The van der Waals surface area contributed by atoms with E-state index in [1.165, 1.54) is 0 Å². The fraction of sp³-hybridized carbons (Fsp3) is 0.900. The van der Waals surface area contributed by atoms with E-state index < -0.39 is 11.4 Å². The van der Waals surface area contributed by atoms with Crippen molar-refractivity contribution in [1.82, 2.24) is 5.32 Å². The number of nitrogens with one attached hydrogen (secondary N) is 1. The Hall–Kier alpha value is -0.570. The van der Waals surface area contributed by atoms with E-state index in [0.717, 1.165) is 32.2 Å². The van der Waals surface area contributed by atoms with Crippen molar-refractivity contribution in [2.24, 2.45) is 5.41 Å². The summed E-state index contributed by atoms with van der Waals surface area (Å²) in [5.41, 5.74) is -0.547. The van der Waals surface area contributed by atoms with Crippen molar-refractivity contribution in [2.45, 2.75) is 45.6 Å². The second-order valence-electron chi connectivity index (χ2n) is 4.08.